The second kappa shape index (κ2) is 4.21. The van der Waals surface area contributed by atoms with Gasteiger partial charge < -0.3 is 24.6 Å². The van der Waals surface area contributed by atoms with E-state index in [0.29, 0.717) is 18.6 Å². The predicted molar refractivity (Wildman–Crippen MR) is 84.0 cm³/mol. The van der Waals surface area contributed by atoms with Crippen LogP contribution in [0, 0.1) is 0 Å². The summed E-state index contributed by atoms with van der Waals surface area (Å²) in [4.78, 5) is 2.28. The second-order valence-electron chi connectivity index (χ2n) is 7.62. The Hall–Kier alpha value is -1.30. The van der Waals surface area contributed by atoms with Gasteiger partial charge in [-0.15, -0.1) is 0 Å². The zero-order valence-corrected chi connectivity index (χ0v) is 13.6. The number of hydrogen-bond acceptors (Lipinski definition) is 5. The van der Waals surface area contributed by atoms with Crippen LogP contribution in [0.2, 0.25) is 0 Å². The summed E-state index contributed by atoms with van der Waals surface area (Å²) in [6, 6.07) is 4.15. The summed E-state index contributed by atoms with van der Waals surface area (Å²) in [7, 11) is 3.74. The molecule has 4 aliphatic rings. The summed E-state index contributed by atoms with van der Waals surface area (Å²) < 4.78 is 11.8. The Morgan fingerprint density at radius 1 is 1.35 bits per heavy atom. The number of likely N-dealkylation sites (N-methyl/N-ethyl adjacent to an activating group) is 1. The molecule has 2 heterocycles. The van der Waals surface area contributed by atoms with Crippen molar-refractivity contribution in [2.45, 2.75) is 54.9 Å². The molecular formula is C18H23NO4. The molecule has 0 amide bonds. The molecule has 2 fully saturated rings. The first-order chi connectivity index (χ1) is 11.0. The summed E-state index contributed by atoms with van der Waals surface area (Å²) in [5, 5.41) is 22.4. The Morgan fingerprint density at radius 3 is 2.96 bits per heavy atom. The number of likely N-dealkylation sites (tertiary alicyclic amines) is 1. The van der Waals surface area contributed by atoms with Crippen LogP contribution in [0.3, 0.4) is 0 Å². The molecule has 0 radical (unpaired) electrons. The number of ether oxygens (including phenoxy) is 2. The molecule has 2 aliphatic heterocycles. The molecule has 1 aromatic carbocycles. The third kappa shape index (κ3) is 1.37. The first-order valence-corrected chi connectivity index (χ1v) is 8.50. The molecule has 5 nitrogen and oxygen atoms in total. The van der Waals surface area contributed by atoms with Gasteiger partial charge in [0.25, 0.3) is 0 Å². The molecule has 2 aliphatic carbocycles. The number of piperidine rings is 1. The SMILES string of the molecule is COc1ccc2c3c1O[C@H]1[C@@H](O)CC[C@@]4(O)C(C2)N(C)CCC314. The minimum absolute atomic E-state index is 0.0849. The minimum Gasteiger partial charge on any atom is -0.493 e. The summed E-state index contributed by atoms with van der Waals surface area (Å²) in [6.45, 7) is 0.912. The first kappa shape index (κ1) is 14.1. The summed E-state index contributed by atoms with van der Waals surface area (Å²) in [6.07, 6.45) is 1.93. The maximum atomic E-state index is 11.8. The van der Waals surface area contributed by atoms with Crippen LogP contribution in [0.5, 0.6) is 11.5 Å². The maximum Gasteiger partial charge on any atom is 0.166 e. The van der Waals surface area contributed by atoms with Crippen molar-refractivity contribution in [2.75, 3.05) is 20.7 Å². The fourth-order valence-electron chi connectivity index (χ4n) is 5.88. The average molecular weight is 317 g/mol. The lowest BCUT2D eigenvalue weighted by Crippen LogP contribution is -2.76. The van der Waals surface area contributed by atoms with E-state index >= 15 is 0 Å². The van der Waals surface area contributed by atoms with E-state index in [1.54, 1.807) is 7.11 Å². The number of hydrogen-bond donors (Lipinski definition) is 2. The van der Waals surface area contributed by atoms with Gasteiger partial charge >= 0.3 is 0 Å². The van der Waals surface area contributed by atoms with Crippen LogP contribution in [0.15, 0.2) is 12.1 Å². The van der Waals surface area contributed by atoms with E-state index in [4.69, 9.17) is 9.47 Å². The van der Waals surface area contributed by atoms with Crippen molar-refractivity contribution in [3.63, 3.8) is 0 Å². The van der Waals surface area contributed by atoms with Crippen molar-refractivity contribution in [3.05, 3.63) is 23.3 Å². The highest BCUT2D eigenvalue weighted by atomic mass is 16.5. The van der Waals surface area contributed by atoms with Crippen molar-refractivity contribution in [3.8, 4) is 11.5 Å². The first-order valence-electron chi connectivity index (χ1n) is 8.50. The van der Waals surface area contributed by atoms with Crippen LogP contribution in [0.1, 0.15) is 30.4 Å². The summed E-state index contributed by atoms with van der Waals surface area (Å²) in [5.74, 6) is 1.46. The minimum atomic E-state index is -0.839. The van der Waals surface area contributed by atoms with Gasteiger partial charge in [0, 0.05) is 11.6 Å². The van der Waals surface area contributed by atoms with Crippen molar-refractivity contribution < 1.29 is 19.7 Å². The van der Waals surface area contributed by atoms with Gasteiger partial charge in [-0.25, -0.2) is 0 Å². The van der Waals surface area contributed by atoms with Gasteiger partial charge in [-0.2, -0.15) is 0 Å². The zero-order valence-electron chi connectivity index (χ0n) is 13.6. The molecule has 1 spiro atoms. The number of aliphatic hydroxyl groups is 2. The van der Waals surface area contributed by atoms with E-state index in [9.17, 15) is 10.2 Å². The standard InChI is InChI=1S/C18H23NO4/c1-19-8-7-17-14-10-3-4-12(22-2)15(14)23-16(17)11(20)5-6-18(17,21)13(19)9-10/h3-4,11,13,16,20-21H,5-9H2,1-2H3/t11-,13?,16-,17?,18+/m0/s1. The molecule has 1 aromatic rings. The fourth-order valence-corrected chi connectivity index (χ4v) is 5.88. The molecule has 5 rings (SSSR count). The average Bonchev–Trinajstić information content (AvgIpc) is 2.90. The zero-order chi connectivity index (χ0) is 16.0. The lowest BCUT2D eigenvalue weighted by molar-refractivity contribution is -0.204. The van der Waals surface area contributed by atoms with Crippen molar-refractivity contribution in [1.29, 1.82) is 0 Å². The Balaban J connectivity index is 1.84. The smallest absolute Gasteiger partial charge is 0.166 e. The van der Waals surface area contributed by atoms with Gasteiger partial charge in [-0.3, -0.25) is 0 Å². The van der Waals surface area contributed by atoms with Gasteiger partial charge in [0.1, 0.15) is 6.10 Å². The summed E-state index contributed by atoms with van der Waals surface area (Å²) in [5.41, 5.74) is 0.999. The molecule has 1 saturated carbocycles. The van der Waals surface area contributed by atoms with E-state index in [1.165, 1.54) is 5.56 Å². The van der Waals surface area contributed by atoms with Crippen molar-refractivity contribution in [1.82, 2.24) is 4.90 Å². The van der Waals surface area contributed by atoms with Crippen LogP contribution in [0.25, 0.3) is 0 Å². The molecule has 1 saturated heterocycles. The largest absolute Gasteiger partial charge is 0.493 e. The number of methoxy groups -OCH3 is 1. The van der Waals surface area contributed by atoms with E-state index in [2.05, 4.69) is 18.0 Å². The van der Waals surface area contributed by atoms with E-state index in [-0.39, 0.29) is 12.1 Å². The molecular weight excluding hydrogens is 294 g/mol. The maximum absolute atomic E-state index is 11.8. The second-order valence-corrected chi connectivity index (χ2v) is 7.62. The van der Waals surface area contributed by atoms with Crippen molar-refractivity contribution in [2.24, 2.45) is 0 Å². The van der Waals surface area contributed by atoms with E-state index in [1.807, 2.05) is 6.07 Å². The molecule has 2 unspecified atom stereocenters. The van der Waals surface area contributed by atoms with E-state index in [0.717, 1.165) is 30.7 Å². The number of nitrogens with zero attached hydrogens (tertiary/aromatic N) is 1. The van der Waals surface area contributed by atoms with Crippen LogP contribution in [0.4, 0.5) is 0 Å². The topological polar surface area (TPSA) is 62.2 Å². The molecule has 0 aromatic heterocycles. The molecule has 5 atom stereocenters. The highest BCUT2D eigenvalue weighted by molar-refractivity contribution is 5.62. The molecule has 2 bridgehead atoms. The number of aliphatic hydroxyl groups excluding tert-OH is 1. The van der Waals surface area contributed by atoms with Gasteiger partial charge in [0.15, 0.2) is 11.5 Å². The molecule has 124 valence electrons. The van der Waals surface area contributed by atoms with Crippen LogP contribution >= 0.6 is 0 Å². The van der Waals surface area contributed by atoms with Gasteiger partial charge in [0.2, 0.25) is 0 Å². The normalized spacial score (nSPS) is 43.7. The quantitative estimate of drug-likeness (QED) is 0.804. The molecule has 23 heavy (non-hydrogen) atoms. The lowest BCUT2D eigenvalue weighted by Gasteiger charge is -2.63. The van der Waals surface area contributed by atoms with Crippen LogP contribution in [-0.2, 0) is 11.8 Å². The Labute approximate surface area is 135 Å². The van der Waals surface area contributed by atoms with Crippen LogP contribution < -0.4 is 9.47 Å². The van der Waals surface area contributed by atoms with Gasteiger partial charge in [-0.1, -0.05) is 6.07 Å². The van der Waals surface area contributed by atoms with Crippen LogP contribution in [-0.4, -0.2) is 59.7 Å². The Kier molecular flexibility index (Phi) is 2.57. The van der Waals surface area contributed by atoms with Gasteiger partial charge in [0.05, 0.1) is 24.2 Å². The molecule has 5 heteroatoms. The Bertz CT molecular complexity index is 692. The predicted octanol–water partition coefficient (Wildman–Crippen LogP) is 0.840. The number of benzene rings is 1. The highest BCUT2D eigenvalue weighted by Crippen LogP contribution is 2.65. The van der Waals surface area contributed by atoms with E-state index < -0.39 is 17.1 Å². The fraction of sp³-hybridized carbons (Fsp3) is 0.667. The number of rotatable bonds is 1. The van der Waals surface area contributed by atoms with Gasteiger partial charge in [-0.05, 0) is 50.9 Å². The molecule has 2 N–H and O–H groups in total. The van der Waals surface area contributed by atoms with Crippen molar-refractivity contribution >= 4 is 0 Å². The Morgan fingerprint density at radius 2 is 2.17 bits per heavy atom. The highest BCUT2D eigenvalue weighted by Gasteiger charge is 2.72. The monoisotopic (exact) mass is 317 g/mol. The summed E-state index contributed by atoms with van der Waals surface area (Å²) >= 11 is 0. The third-order valence-electron chi connectivity index (χ3n) is 6.90. The lowest BCUT2D eigenvalue weighted by atomic mass is 9.49. The third-order valence-corrected chi connectivity index (χ3v) is 6.90.